The molecule has 0 spiro atoms. The van der Waals surface area contributed by atoms with Crippen LogP contribution in [0.1, 0.15) is 59.0 Å². The molecule has 1 saturated heterocycles. The van der Waals surface area contributed by atoms with E-state index in [0.717, 1.165) is 49.8 Å². The molecule has 1 aliphatic heterocycles. The van der Waals surface area contributed by atoms with Crippen LogP contribution in [0.25, 0.3) is 11.1 Å². The number of aromatic nitrogens is 4. The van der Waals surface area contributed by atoms with E-state index in [1.165, 1.54) is 0 Å². The van der Waals surface area contributed by atoms with E-state index >= 15 is 0 Å². The first-order valence-corrected chi connectivity index (χ1v) is 11.6. The number of unbranched alkanes of at least 4 members (excludes halogenated alkanes) is 2. The van der Waals surface area contributed by atoms with Crippen molar-refractivity contribution in [2.45, 2.75) is 44.7 Å². The summed E-state index contributed by atoms with van der Waals surface area (Å²) in [6.45, 7) is 2.68. The van der Waals surface area contributed by atoms with Crippen molar-refractivity contribution < 1.29 is 38.3 Å². The second kappa shape index (κ2) is 12.7. The van der Waals surface area contributed by atoms with Crippen LogP contribution in [-0.4, -0.2) is 51.2 Å². The molecular formula is C24H29LiN6O4. The van der Waals surface area contributed by atoms with E-state index in [1.54, 1.807) is 35.3 Å². The van der Waals surface area contributed by atoms with Crippen molar-refractivity contribution in [3.63, 3.8) is 0 Å². The third-order valence-electron chi connectivity index (χ3n) is 5.92. The Morgan fingerprint density at radius 3 is 2.69 bits per heavy atom. The van der Waals surface area contributed by atoms with E-state index in [1.807, 2.05) is 16.9 Å². The number of ether oxygens (including phenoxy) is 1. The molecule has 2 aromatic heterocycles. The summed E-state index contributed by atoms with van der Waals surface area (Å²) in [6, 6.07) is 7.15. The van der Waals surface area contributed by atoms with Gasteiger partial charge in [0.05, 0.1) is 23.9 Å². The van der Waals surface area contributed by atoms with Crippen molar-refractivity contribution in [2.75, 3.05) is 25.1 Å². The Kier molecular flexibility index (Phi) is 9.69. The van der Waals surface area contributed by atoms with Gasteiger partial charge in [0.2, 0.25) is 0 Å². The Balaban J connectivity index is 0.00000342. The Morgan fingerprint density at radius 1 is 1.14 bits per heavy atom. The fourth-order valence-corrected chi connectivity index (χ4v) is 4.03. The van der Waals surface area contributed by atoms with Crippen LogP contribution in [0.2, 0.25) is 0 Å². The molecule has 4 rings (SSSR count). The van der Waals surface area contributed by atoms with E-state index in [-0.39, 0.29) is 36.3 Å². The van der Waals surface area contributed by atoms with Gasteiger partial charge in [0.15, 0.2) is 0 Å². The van der Waals surface area contributed by atoms with Crippen molar-refractivity contribution in [1.29, 1.82) is 0 Å². The quantitative estimate of drug-likeness (QED) is 0.280. The number of carboxylic acid groups (broad SMARTS) is 1. The zero-order valence-corrected chi connectivity index (χ0v) is 20.0. The molecule has 3 N–H and O–H groups in total. The summed E-state index contributed by atoms with van der Waals surface area (Å²) in [7, 11) is 0. The number of hydrogen-bond donors (Lipinski definition) is 2. The number of nitrogens with two attached hydrogens (primary N) is 1. The van der Waals surface area contributed by atoms with Crippen molar-refractivity contribution in [3.05, 3.63) is 54.1 Å². The van der Waals surface area contributed by atoms with Gasteiger partial charge in [-0.3, -0.25) is 14.2 Å². The van der Waals surface area contributed by atoms with E-state index in [2.05, 4.69) is 15.5 Å². The molecular weight excluding hydrogens is 443 g/mol. The van der Waals surface area contributed by atoms with Gasteiger partial charge in [-0.2, -0.15) is 10.2 Å². The average Bonchev–Trinajstić information content (AvgIpc) is 3.50. The second-order valence-corrected chi connectivity index (χ2v) is 8.38. The number of benzene rings is 1. The van der Waals surface area contributed by atoms with Crippen molar-refractivity contribution in [2.24, 2.45) is 5.73 Å². The van der Waals surface area contributed by atoms with Gasteiger partial charge in [-0.15, -0.1) is 0 Å². The number of nitrogens with one attached hydrogen (secondary N) is 1. The van der Waals surface area contributed by atoms with Crippen LogP contribution in [-0.2, 0) is 11.3 Å². The topological polar surface area (TPSA) is 140 Å². The largest absolute Gasteiger partial charge is 1.00 e. The molecule has 3 heterocycles. The summed E-state index contributed by atoms with van der Waals surface area (Å²) in [5, 5.41) is 22.9. The Bertz CT molecular complexity index is 1140. The molecule has 35 heavy (non-hydrogen) atoms. The standard InChI is InChI=1S/C24H30N6O4.Li/c25-9-2-1-3-10-29-15-19(14-26-29)17-5-4-6-18(13-17)23(31)27-21-16-30(28-22(21)24(32)33)20-7-11-34-12-8-20;/h4-6,13-16,20H,1-3,7-12,25H2,(H,27,31)(H,32,33);/q;+1/p-1. The zero-order valence-electron chi connectivity index (χ0n) is 20.0. The summed E-state index contributed by atoms with van der Waals surface area (Å²) in [5.74, 6) is -1.86. The monoisotopic (exact) mass is 472 g/mol. The molecule has 3 aromatic rings. The van der Waals surface area contributed by atoms with Gasteiger partial charge in [-0.25, -0.2) is 0 Å². The van der Waals surface area contributed by atoms with Gasteiger partial charge in [-0.05, 0) is 49.9 Å². The smallest absolute Gasteiger partial charge is 0.543 e. The van der Waals surface area contributed by atoms with Gasteiger partial charge in [-0.1, -0.05) is 18.6 Å². The van der Waals surface area contributed by atoms with Crippen LogP contribution < -0.4 is 35.0 Å². The molecule has 0 atom stereocenters. The maximum absolute atomic E-state index is 13.0. The Morgan fingerprint density at radius 2 is 1.94 bits per heavy atom. The molecule has 0 aliphatic carbocycles. The number of hydrogen-bond acceptors (Lipinski definition) is 7. The van der Waals surface area contributed by atoms with Crippen LogP contribution in [0.3, 0.4) is 0 Å². The summed E-state index contributed by atoms with van der Waals surface area (Å²) in [5.41, 5.74) is 7.51. The van der Waals surface area contributed by atoms with E-state index in [0.29, 0.717) is 25.3 Å². The molecule has 1 aliphatic rings. The van der Waals surface area contributed by atoms with Gasteiger partial charge in [0.1, 0.15) is 5.69 Å². The van der Waals surface area contributed by atoms with Crippen LogP contribution in [0.15, 0.2) is 42.9 Å². The number of amides is 1. The first kappa shape index (κ1) is 26.7. The molecule has 0 unspecified atom stereocenters. The van der Waals surface area contributed by atoms with Crippen molar-refractivity contribution in [1.82, 2.24) is 19.6 Å². The first-order chi connectivity index (χ1) is 16.5. The first-order valence-electron chi connectivity index (χ1n) is 11.6. The van der Waals surface area contributed by atoms with Crippen molar-refractivity contribution in [3.8, 4) is 11.1 Å². The number of aryl methyl sites for hydroxylation is 1. The predicted octanol–water partition coefficient (Wildman–Crippen LogP) is -1.15. The normalized spacial score (nSPS) is 13.9. The fraction of sp³-hybridized carbons (Fsp3) is 0.417. The van der Waals surface area contributed by atoms with Crippen LogP contribution >= 0.6 is 0 Å². The minimum Gasteiger partial charge on any atom is -0.543 e. The minimum absolute atomic E-state index is 0. The summed E-state index contributed by atoms with van der Waals surface area (Å²) in [6.07, 6.45) is 9.78. The van der Waals surface area contributed by atoms with Crippen molar-refractivity contribution >= 4 is 17.6 Å². The van der Waals surface area contributed by atoms with E-state index in [4.69, 9.17) is 10.5 Å². The number of carbonyl (C=O) groups is 2. The Hall–Kier alpha value is -2.90. The summed E-state index contributed by atoms with van der Waals surface area (Å²) >= 11 is 0. The van der Waals surface area contributed by atoms with E-state index < -0.39 is 11.9 Å². The third-order valence-corrected chi connectivity index (χ3v) is 5.92. The number of carboxylic acids is 1. The molecule has 1 fully saturated rings. The minimum atomic E-state index is -1.44. The molecule has 11 heteroatoms. The molecule has 1 aromatic carbocycles. The van der Waals surface area contributed by atoms with Crippen LogP contribution in [0, 0.1) is 0 Å². The maximum Gasteiger partial charge on any atom is 1.00 e. The Labute approximate surface area is 216 Å². The molecule has 1 amide bonds. The van der Waals surface area contributed by atoms with Gasteiger partial charge < -0.3 is 25.7 Å². The van der Waals surface area contributed by atoms with Gasteiger partial charge >= 0.3 is 18.9 Å². The predicted molar refractivity (Wildman–Crippen MR) is 124 cm³/mol. The summed E-state index contributed by atoms with van der Waals surface area (Å²) < 4.78 is 8.83. The molecule has 180 valence electrons. The number of carbonyl (C=O) groups excluding carboxylic acids is 2. The SMILES string of the molecule is NCCCCCn1cc(-c2cccc(C(=O)Nc3cn(C4CCOCC4)nc3C(=O)[O-])c2)cn1.[Li+]. The number of nitrogens with zero attached hydrogens (tertiary/aromatic N) is 4. The van der Waals surface area contributed by atoms with Gasteiger partial charge in [0, 0.05) is 43.3 Å². The number of anilines is 1. The number of aromatic carboxylic acids is 1. The van der Waals surface area contributed by atoms with Crippen LogP contribution in [0.5, 0.6) is 0 Å². The average molecular weight is 472 g/mol. The zero-order chi connectivity index (χ0) is 23.9. The van der Waals surface area contributed by atoms with Crippen LogP contribution in [0.4, 0.5) is 5.69 Å². The maximum atomic E-state index is 13.0. The molecule has 10 nitrogen and oxygen atoms in total. The second-order valence-electron chi connectivity index (χ2n) is 8.38. The number of rotatable bonds is 10. The fourth-order valence-electron chi connectivity index (χ4n) is 4.03. The van der Waals surface area contributed by atoms with E-state index in [9.17, 15) is 14.7 Å². The van der Waals surface area contributed by atoms with Gasteiger partial charge in [0.25, 0.3) is 5.91 Å². The summed E-state index contributed by atoms with van der Waals surface area (Å²) in [4.78, 5) is 24.6. The third kappa shape index (κ3) is 6.83. The molecule has 0 bridgehead atoms. The molecule has 0 radical (unpaired) electrons. The molecule has 0 saturated carbocycles.